The Kier molecular flexibility index (Phi) is 7.55. The van der Waals surface area contributed by atoms with E-state index in [9.17, 15) is 22.8 Å². The van der Waals surface area contributed by atoms with Gasteiger partial charge in [-0.2, -0.15) is 13.2 Å². The van der Waals surface area contributed by atoms with Gasteiger partial charge in [0.05, 0.1) is 5.69 Å². The van der Waals surface area contributed by atoms with Crippen LogP contribution in [0.5, 0.6) is 0 Å². The number of aryl methyl sites for hydroxylation is 2. The molecule has 1 unspecified atom stereocenters. The zero-order valence-corrected chi connectivity index (χ0v) is 18.1. The van der Waals surface area contributed by atoms with Gasteiger partial charge in [0.15, 0.2) is 0 Å². The summed E-state index contributed by atoms with van der Waals surface area (Å²) in [7, 11) is 0. The van der Waals surface area contributed by atoms with Crippen LogP contribution in [0.2, 0.25) is 0 Å². The Morgan fingerprint density at radius 3 is 2.47 bits per heavy atom. The second-order valence-electron chi connectivity index (χ2n) is 7.97. The molecule has 2 aromatic rings. The van der Waals surface area contributed by atoms with Crippen molar-refractivity contribution in [1.29, 1.82) is 0 Å². The van der Waals surface area contributed by atoms with Crippen LogP contribution in [0.15, 0.2) is 34.9 Å². The zero-order chi connectivity index (χ0) is 23.3. The number of carbonyl (C=O) groups is 2. The summed E-state index contributed by atoms with van der Waals surface area (Å²) < 4.78 is 43.8. The summed E-state index contributed by atoms with van der Waals surface area (Å²) in [5.41, 5.74) is 2.49. The van der Waals surface area contributed by atoms with Crippen LogP contribution < -0.4 is 5.32 Å². The summed E-state index contributed by atoms with van der Waals surface area (Å²) in [6.07, 6.45) is -4.40. The molecule has 1 saturated heterocycles. The number of rotatable bonds is 6. The molecule has 1 N–H and O–H groups in total. The third-order valence-corrected chi connectivity index (χ3v) is 5.61. The first kappa shape index (κ1) is 23.8. The van der Waals surface area contributed by atoms with E-state index in [0.717, 1.165) is 23.6 Å². The van der Waals surface area contributed by atoms with Gasteiger partial charge in [-0.1, -0.05) is 35.5 Å². The van der Waals surface area contributed by atoms with Crippen LogP contribution in [0.1, 0.15) is 29.0 Å². The standard InChI is InChI=1S/C22H27F3N4O3/c1-15-18(16(2)32-27-15)14-28-9-6-10-29(12-11-28)20(30)19(26-21(31)22(23,24)25)13-17-7-4-3-5-8-17/h3-5,7-8,19H,6,9-14H2,1-2H3,(H,26,31). The highest BCUT2D eigenvalue weighted by atomic mass is 19.4. The highest BCUT2D eigenvalue weighted by molar-refractivity contribution is 5.90. The molecule has 0 aliphatic carbocycles. The van der Waals surface area contributed by atoms with Gasteiger partial charge < -0.3 is 14.7 Å². The number of nitrogens with one attached hydrogen (secondary N) is 1. The summed E-state index contributed by atoms with van der Waals surface area (Å²) in [5.74, 6) is -1.87. The first-order chi connectivity index (χ1) is 15.1. The molecule has 2 amide bonds. The molecular weight excluding hydrogens is 425 g/mol. The molecule has 32 heavy (non-hydrogen) atoms. The van der Waals surface area contributed by atoms with Crippen LogP contribution >= 0.6 is 0 Å². The van der Waals surface area contributed by atoms with E-state index in [2.05, 4.69) is 10.1 Å². The second-order valence-corrected chi connectivity index (χ2v) is 7.97. The molecule has 0 bridgehead atoms. The van der Waals surface area contributed by atoms with Crippen molar-refractivity contribution in [3.05, 3.63) is 52.9 Å². The van der Waals surface area contributed by atoms with Crippen LogP contribution in [0, 0.1) is 13.8 Å². The van der Waals surface area contributed by atoms with Crippen LogP contribution in [0.3, 0.4) is 0 Å². The number of amides is 2. The maximum absolute atomic E-state index is 13.2. The predicted octanol–water partition coefficient (Wildman–Crippen LogP) is 2.62. The lowest BCUT2D eigenvalue weighted by molar-refractivity contribution is -0.175. The Labute approximate surface area is 184 Å². The van der Waals surface area contributed by atoms with E-state index in [1.807, 2.05) is 19.2 Å². The Morgan fingerprint density at radius 2 is 1.84 bits per heavy atom. The summed E-state index contributed by atoms with van der Waals surface area (Å²) in [4.78, 5) is 28.4. The number of aromatic nitrogens is 1. The van der Waals surface area contributed by atoms with Crippen LogP contribution in [-0.4, -0.2) is 65.2 Å². The van der Waals surface area contributed by atoms with Gasteiger partial charge in [-0.05, 0) is 25.8 Å². The highest BCUT2D eigenvalue weighted by Crippen LogP contribution is 2.18. The lowest BCUT2D eigenvalue weighted by atomic mass is 10.0. The largest absolute Gasteiger partial charge is 0.471 e. The summed E-state index contributed by atoms with van der Waals surface area (Å²) in [6, 6.07) is 7.39. The van der Waals surface area contributed by atoms with Crippen LogP contribution in [-0.2, 0) is 22.6 Å². The minimum atomic E-state index is -5.06. The predicted molar refractivity (Wildman–Crippen MR) is 111 cm³/mol. The molecule has 0 radical (unpaired) electrons. The minimum Gasteiger partial charge on any atom is -0.361 e. The van der Waals surface area contributed by atoms with Gasteiger partial charge in [0.1, 0.15) is 11.8 Å². The molecule has 2 heterocycles. The normalized spacial score (nSPS) is 16.5. The van der Waals surface area contributed by atoms with Gasteiger partial charge in [0, 0.05) is 44.7 Å². The number of hydrogen-bond donors (Lipinski definition) is 1. The Bertz CT molecular complexity index is 911. The molecule has 1 aromatic carbocycles. The van der Waals surface area contributed by atoms with E-state index in [4.69, 9.17) is 4.52 Å². The molecule has 1 aromatic heterocycles. The van der Waals surface area contributed by atoms with Gasteiger partial charge >= 0.3 is 12.1 Å². The molecule has 1 aliphatic heterocycles. The quantitative estimate of drug-likeness (QED) is 0.729. The maximum Gasteiger partial charge on any atom is 0.471 e. The molecule has 0 spiro atoms. The average molecular weight is 452 g/mol. The van der Waals surface area contributed by atoms with Gasteiger partial charge in [-0.15, -0.1) is 0 Å². The Balaban J connectivity index is 1.68. The molecular formula is C22H27F3N4O3. The number of alkyl halides is 3. The van der Waals surface area contributed by atoms with Crippen molar-refractivity contribution in [1.82, 2.24) is 20.3 Å². The summed E-state index contributed by atoms with van der Waals surface area (Å²) in [5, 5.41) is 5.86. The third kappa shape index (κ3) is 6.09. The maximum atomic E-state index is 13.2. The first-order valence-electron chi connectivity index (χ1n) is 10.5. The first-order valence-corrected chi connectivity index (χ1v) is 10.5. The molecule has 174 valence electrons. The van der Waals surface area contributed by atoms with Crippen molar-refractivity contribution in [3.63, 3.8) is 0 Å². The SMILES string of the molecule is Cc1noc(C)c1CN1CCCN(C(=O)C(Cc2ccccc2)NC(=O)C(F)(F)F)CC1. The third-order valence-electron chi connectivity index (χ3n) is 5.61. The highest BCUT2D eigenvalue weighted by Gasteiger charge is 2.41. The van der Waals surface area contributed by atoms with Gasteiger partial charge in [-0.3, -0.25) is 14.5 Å². The number of carbonyl (C=O) groups excluding carboxylic acids is 2. The molecule has 10 heteroatoms. The van der Waals surface area contributed by atoms with E-state index >= 15 is 0 Å². The fourth-order valence-electron chi connectivity index (χ4n) is 3.81. The lowest BCUT2D eigenvalue weighted by Crippen LogP contribution is -2.53. The molecule has 1 atom stereocenters. The van der Waals surface area contributed by atoms with E-state index in [0.29, 0.717) is 38.2 Å². The Hall–Kier alpha value is -2.88. The van der Waals surface area contributed by atoms with Crippen molar-refractivity contribution in [2.75, 3.05) is 26.2 Å². The van der Waals surface area contributed by atoms with Crippen molar-refractivity contribution >= 4 is 11.8 Å². The summed E-state index contributed by atoms with van der Waals surface area (Å²) in [6.45, 7) is 6.39. The van der Waals surface area contributed by atoms with Crippen molar-refractivity contribution in [2.45, 2.75) is 45.5 Å². The molecule has 0 saturated carbocycles. The van der Waals surface area contributed by atoms with Gasteiger partial charge in [0.25, 0.3) is 0 Å². The van der Waals surface area contributed by atoms with Crippen LogP contribution in [0.25, 0.3) is 0 Å². The van der Waals surface area contributed by atoms with Gasteiger partial charge in [-0.25, -0.2) is 0 Å². The molecule has 3 rings (SSSR count). The topological polar surface area (TPSA) is 78.7 Å². The minimum absolute atomic E-state index is 0.0131. The lowest BCUT2D eigenvalue weighted by Gasteiger charge is -2.27. The average Bonchev–Trinajstić information content (AvgIpc) is 2.94. The number of nitrogens with zero attached hydrogens (tertiary/aromatic N) is 3. The zero-order valence-electron chi connectivity index (χ0n) is 18.1. The van der Waals surface area contributed by atoms with Gasteiger partial charge in [0.2, 0.25) is 5.91 Å². The van der Waals surface area contributed by atoms with E-state index in [1.165, 1.54) is 4.90 Å². The molecule has 1 aliphatic rings. The fraction of sp³-hybridized carbons (Fsp3) is 0.500. The number of halogens is 3. The van der Waals surface area contributed by atoms with E-state index in [-0.39, 0.29) is 6.42 Å². The van der Waals surface area contributed by atoms with E-state index < -0.39 is 24.0 Å². The number of benzene rings is 1. The fourth-order valence-corrected chi connectivity index (χ4v) is 3.81. The second kappa shape index (κ2) is 10.2. The molecule has 1 fully saturated rings. The summed E-state index contributed by atoms with van der Waals surface area (Å²) >= 11 is 0. The molecule has 7 nitrogen and oxygen atoms in total. The van der Waals surface area contributed by atoms with Crippen molar-refractivity contribution < 1.29 is 27.3 Å². The van der Waals surface area contributed by atoms with E-state index in [1.54, 1.807) is 30.3 Å². The smallest absolute Gasteiger partial charge is 0.361 e. The van der Waals surface area contributed by atoms with Crippen molar-refractivity contribution in [3.8, 4) is 0 Å². The number of hydrogen-bond acceptors (Lipinski definition) is 5. The monoisotopic (exact) mass is 452 g/mol. The Morgan fingerprint density at radius 1 is 1.12 bits per heavy atom. The van der Waals surface area contributed by atoms with Crippen LogP contribution in [0.4, 0.5) is 13.2 Å². The van der Waals surface area contributed by atoms with Crippen molar-refractivity contribution in [2.24, 2.45) is 0 Å².